The Bertz CT molecular complexity index is 769. The van der Waals surface area contributed by atoms with Crippen molar-refractivity contribution < 1.29 is 9.84 Å². The van der Waals surface area contributed by atoms with Gasteiger partial charge in [-0.25, -0.2) is 0 Å². The van der Waals surface area contributed by atoms with Crippen LogP contribution in [0.3, 0.4) is 0 Å². The van der Waals surface area contributed by atoms with Gasteiger partial charge in [0.15, 0.2) is 0 Å². The molecular formula is C24H31NO2. The van der Waals surface area contributed by atoms with Crippen molar-refractivity contribution in [3.05, 3.63) is 71.3 Å². The predicted octanol–water partition coefficient (Wildman–Crippen LogP) is 4.72. The van der Waals surface area contributed by atoms with E-state index < -0.39 is 5.60 Å². The Morgan fingerprint density at radius 2 is 1.89 bits per heavy atom. The number of nitrogens with zero attached hydrogens (tertiary/aromatic N) is 1. The van der Waals surface area contributed by atoms with Gasteiger partial charge in [0, 0.05) is 12.5 Å². The molecule has 1 aliphatic rings. The zero-order valence-corrected chi connectivity index (χ0v) is 16.7. The van der Waals surface area contributed by atoms with E-state index in [-0.39, 0.29) is 5.92 Å². The van der Waals surface area contributed by atoms with Crippen molar-refractivity contribution in [1.29, 1.82) is 0 Å². The highest BCUT2D eigenvalue weighted by atomic mass is 16.5. The van der Waals surface area contributed by atoms with Crippen molar-refractivity contribution in [3.8, 4) is 5.75 Å². The summed E-state index contributed by atoms with van der Waals surface area (Å²) in [5.41, 5.74) is 2.17. The van der Waals surface area contributed by atoms with Crippen LogP contribution in [0.15, 0.2) is 60.2 Å². The molecule has 3 rings (SSSR count). The van der Waals surface area contributed by atoms with E-state index in [4.69, 9.17) is 4.74 Å². The molecule has 0 heterocycles. The zero-order valence-electron chi connectivity index (χ0n) is 16.7. The molecular weight excluding hydrogens is 334 g/mol. The monoisotopic (exact) mass is 365 g/mol. The minimum Gasteiger partial charge on any atom is -0.497 e. The van der Waals surface area contributed by atoms with Crippen LogP contribution in [0, 0.1) is 5.92 Å². The number of hydrogen-bond acceptors (Lipinski definition) is 3. The third-order valence-electron chi connectivity index (χ3n) is 5.56. The molecule has 1 fully saturated rings. The van der Waals surface area contributed by atoms with Crippen LogP contribution in [-0.2, 0) is 5.60 Å². The quantitative estimate of drug-likeness (QED) is 0.778. The van der Waals surface area contributed by atoms with Gasteiger partial charge in [-0.15, -0.1) is 0 Å². The van der Waals surface area contributed by atoms with Crippen molar-refractivity contribution in [2.45, 2.75) is 31.3 Å². The van der Waals surface area contributed by atoms with Gasteiger partial charge in [0.1, 0.15) is 11.4 Å². The number of rotatable bonds is 5. The summed E-state index contributed by atoms with van der Waals surface area (Å²) < 4.78 is 5.45. The van der Waals surface area contributed by atoms with Crippen LogP contribution in [0.1, 0.15) is 36.8 Å². The van der Waals surface area contributed by atoms with E-state index in [1.807, 2.05) is 42.5 Å². The van der Waals surface area contributed by atoms with Crippen LogP contribution in [-0.4, -0.2) is 37.8 Å². The Labute approximate surface area is 163 Å². The second-order valence-corrected chi connectivity index (χ2v) is 7.78. The van der Waals surface area contributed by atoms with Gasteiger partial charge in [-0.1, -0.05) is 55.0 Å². The van der Waals surface area contributed by atoms with Crippen molar-refractivity contribution in [2.75, 3.05) is 27.7 Å². The molecule has 0 radical (unpaired) electrons. The van der Waals surface area contributed by atoms with Crippen LogP contribution < -0.4 is 4.74 Å². The number of benzene rings is 2. The maximum absolute atomic E-state index is 12.2. The van der Waals surface area contributed by atoms with E-state index in [1.54, 1.807) is 7.11 Å². The highest BCUT2D eigenvalue weighted by Crippen LogP contribution is 2.45. The molecule has 1 aliphatic carbocycles. The average Bonchev–Trinajstić information content (AvgIpc) is 2.83. The van der Waals surface area contributed by atoms with E-state index in [2.05, 4.69) is 37.2 Å². The Morgan fingerprint density at radius 3 is 2.59 bits per heavy atom. The van der Waals surface area contributed by atoms with Gasteiger partial charge in [0.2, 0.25) is 0 Å². The Balaban J connectivity index is 2.14. The van der Waals surface area contributed by atoms with Gasteiger partial charge >= 0.3 is 0 Å². The molecule has 0 aromatic heterocycles. The van der Waals surface area contributed by atoms with Gasteiger partial charge in [-0.05, 0) is 62.2 Å². The van der Waals surface area contributed by atoms with Crippen LogP contribution in [0.5, 0.6) is 5.75 Å². The average molecular weight is 366 g/mol. The lowest BCUT2D eigenvalue weighted by atomic mass is 9.74. The summed E-state index contributed by atoms with van der Waals surface area (Å²) >= 11 is 0. The predicted molar refractivity (Wildman–Crippen MR) is 112 cm³/mol. The molecule has 27 heavy (non-hydrogen) atoms. The summed E-state index contributed by atoms with van der Waals surface area (Å²) in [4.78, 5) is 2.18. The fraction of sp³-hybridized carbons (Fsp3) is 0.417. The second kappa shape index (κ2) is 8.73. The molecule has 2 aromatic rings. The van der Waals surface area contributed by atoms with Gasteiger partial charge in [0.25, 0.3) is 0 Å². The van der Waals surface area contributed by atoms with Gasteiger partial charge in [0.05, 0.1) is 7.11 Å². The van der Waals surface area contributed by atoms with Gasteiger partial charge < -0.3 is 14.7 Å². The molecule has 0 aliphatic heterocycles. The fourth-order valence-electron chi connectivity index (χ4n) is 4.25. The van der Waals surface area contributed by atoms with Gasteiger partial charge in [-0.2, -0.15) is 0 Å². The summed E-state index contributed by atoms with van der Waals surface area (Å²) in [7, 11) is 5.84. The summed E-state index contributed by atoms with van der Waals surface area (Å²) in [6.45, 7) is 0.847. The summed E-state index contributed by atoms with van der Waals surface area (Å²) in [5, 5.41) is 12.2. The van der Waals surface area contributed by atoms with Crippen molar-refractivity contribution in [3.63, 3.8) is 0 Å². The van der Waals surface area contributed by atoms with E-state index in [0.717, 1.165) is 54.7 Å². The topological polar surface area (TPSA) is 32.7 Å². The molecule has 2 aromatic carbocycles. The van der Waals surface area contributed by atoms with E-state index in [1.165, 1.54) is 0 Å². The first-order chi connectivity index (χ1) is 13.0. The van der Waals surface area contributed by atoms with Crippen LogP contribution in [0.4, 0.5) is 0 Å². The lowest BCUT2D eigenvalue weighted by Gasteiger charge is -2.39. The van der Waals surface area contributed by atoms with E-state index in [9.17, 15) is 5.11 Å². The number of ether oxygens (including phenoxy) is 1. The largest absolute Gasteiger partial charge is 0.497 e. The Kier molecular flexibility index (Phi) is 6.35. The molecule has 3 heteroatoms. The Hall–Kier alpha value is -2.10. The first kappa shape index (κ1) is 19.7. The molecule has 2 unspecified atom stereocenters. The molecule has 3 nitrogen and oxygen atoms in total. The fourth-order valence-corrected chi connectivity index (χ4v) is 4.25. The van der Waals surface area contributed by atoms with Crippen molar-refractivity contribution in [2.24, 2.45) is 5.92 Å². The van der Waals surface area contributed by atoms with Crippen LogP contribution in [0.25, 0.3) is 6.08 Å². The minimum absolute atomic E-state index is 0.136. The molecule has 0 bridgehead atoms. The van der Waals surface area contributed by atoms with E-state index in [0.29, 0.717) is 0 Å². The standard InChI is InChI=1S/C24H31NO2/c1-25(2)18-22-13-8-7-12-20(16-19-10-5-4-6-11-19)24(22,26)21-14-9-15-23(17-21)27-3/h4-6,9-11,14-17,22,26H,7-8,12-13,18H2,1-3H3/b20-16-. The lowest BCUT2D eigenvalue weighted by molar-refractivity contribution is 0.000337. The third-order valence-corrected chi connectivity index (χ3v) is 5.56. The Morgan fingerprint density at radius 1 is 1.11 bits per heavy atom. The molecule has 1 N–H and O–H groups in total. The molecule has 144 valence electrons. The smallest absolute Gasteiger partial charge is 0.119 e. The summed E-state index contributed by atoms with van der Waals surface area (Å²) in [6, 6.07) is 18.3. The van der Waals surface area contributed by atoms with Crippen LogP contribution in [0.2, 0.25) is 0 Å². The first-order valence-corrected chi connectivity index (χ1v) is 9.81. The third kappa shape index (κ3) is 4.42. The molecule has 0 amide bonds. The number of hydrogen-bond donors (Lipinski definition) is 1. The first-order valence-electron chi connectivity index (χ1n) is 9.81. The molecule has 2 atom stereocenters. The highest BCUT2D eigenvalue weighted by Gasteiger charge is 2.43. The minimum atomic E-state index is -0.995. The molecule has 1 saturated carbocycles. The molecule has 0 saturated heterocycles. The summed E-state index contributed by atoms with van der Waals surface area (Å²) in [6.07, 6.45) is 6.35. The normalized spacial score (nSPS) is 24.8. The number of aliphatic hydroxyl groups is 1. The SMILES string of the molecule is COc1cccc(C2(O)/C(=C\c3ccccc3)CCCCC2CN(C)C)c1. The number of methoxy groups -OCH3 is 1. The summed E-state index contributed by atoms with van der Waals surface area (Å²) in [5.74, 6) is 0.921. The second-order valence-electron chi connectivity index (χ2n) is 7.78. The van der Waals surface area contributed by atoms with Crippen LogP contribution >= 0.6 is 0 Å². The highest BCUT2D eigenvalue weighted by molar-refractivity contribution is 5.57. The maximum atomic E-state index is 12.2. The maximum Gasteiger partial charge on any atom is 0.119 e. The van der Waals surface area contributed by atoms with Crippen molar-refractivity contribution >= 4 is 6.08 Å². The van der Waals surface area contributed by atoms with E-state index >= 15 is 0 Å². The zero-order chi connectivity index (χ0) is 19.3. The van der Waals surface area contributed by atoms with Gasteiger partial charge in [-0.3, -0.25) is 0 Å². The van der Waals surface area contributed by atoms with Crippen molar-refractivity contribution in [1.82, 2.24) is 4.90 Å². The molecule has 0 spiro atoms. The lowest BCUT2D eigenvalue weighted by Crippen LogP contribution is -2.41.